The number of aromatic hydroxyl groups is 1. The average molecular weight is 255 g/mol. The van der Waals surface area contributed by atoms with Crippen molar-refractivity contribution in [3.05, 3.63) is 30.6 Å². The van der Waals surface area contributed by atoms with Crippen LogP contribution in [0.1, 0.15) is 0 Å². The number of H-pyrrole nitrogens is 1. The summed E-state index contributed by atoms with van der Waals surface area (Å²) in [5.74, 6) is 1.04. The van der Waals surface area contributed by atoms with Gasteiger partial charge in [-0.1, -0.05) is 0 Å². The van der Waals surface area contributed by atoms with Gasteiger partial charge in [0.25, 0.3) is 0 Å². The molecular formula is C13H13N5O. The molecule has 1 aromatic carbocycles. The highest BCUT2D eigenvalue weighted by Crippen LogP contribution is 2.31. The third-order valence-electron chi connectivity index (χ3n) is 2.91. The lowest BCUT2D eigenvalue weighted by molar-refractivity contribution is 0.475. The van der Waals surface area contributed by atoms with Crippen LogP contribution < -0.4 is 4.90 Å². The lowest BCUT2D eigenvalue weighted by Gasteiger charge is -2.12. The molecule has 2 heterocycles. The summed E-state index contributed by atoms with van der Waals surface area (Å²) in [6, 6.07) is 6.94. The van der Waals surface area contributed by atoms with Gasteiger partial charge >= 0.3 is 0 Å². The van der Waals surface area contributed by atoms with Gasteiger partial charge in [-0.05, 0) is 24.3 Å². The van der Waals surface area contributed by atoms with Gasteiger partial charge in [-0.15, -0.1) is 0 Å². The van der Waals surface area contributed by atoms with Gasteiger partial charge in [0, 0.05) is 19.7 Å². The molecule has 3 aromatic rings. The van der Waals surface area contributed by atoms with Gasteiger partial charge in [0.05, 0.1) is 11.1 Å². The monoisotopic (exact) mass is 255 g/mol. The molecule has 2 N–H and O–H groups in total. The third-order valence-corrected chi connectivity index (χ3v) is 2.91. The second-order valence-corrected chi connectivity index (χ2v) is 4.44. The highest BCUT2D eigenvalue weighted by molar-refractivity contribution is 5.98. The molecule has 6 nitrogen and oxygen atoms in total. The van der Waals surface area contributed by atoms with Crippen molar-refractivity contribution < 1.29 is 5.11 Å². The maximum atomic E-state index is 9.35. The van der Waals surface area contributed by atoms with Gasteiger partial charge in [0.1, 0.15) is 17.9 Å². The van der Waals surface area contributed by atoms with Crippen LogP contribution in [0, 0.1) is 0 Å². The fraction of sp³-hybridized carbons (Fsp3) is 0.154. The number of phenolic OH excluding ortho intramolecular Hbond substituents is 1. The standard InChI is InChI=1S/C13H13N5O/c1-18(2)13-10-11(8-3-5-9(19)6-4-8)16-17-12(10)14-7-15-13/h3-7,19H,1-2H3,(H,14,15,16,17). The number of phenols is 1. The fourth-order valence-corrected chi connectivity index (χ4v) is 2.02. The molecule has 0 fully saturated rings. The molecule has 0 aliphatic carbocycles. The van der Waals surface area contributed by atoms with Crippen LogP contribution in [0.15, 0.2) is 30.6 Å². The molecule has 0 atom stereocenters. The largest absolute Gasteiger partial charge is 0.508 e. The SMILES string of the molecule is CN(C)c1ncnc2n[nH]c(-c3ccc(O)cc3)c12. The molecule has 0 saturated heterocycles. The maximum absolute atomic E-state index is 9.35. The van der Waals surface area contributed by atoms with Crippen molar-refractivity contribution in [2.24, 2.45) is 0 Å². The lowest BCUT2D eigenvalue weighted by atomic mass is 10.1. The lowest BCUT2D eigenvalue weighted by Crippen LogP contribution is -2.11. The minimum atomic E-state index is 0.233. The van der Waals surface area contributed by atoms with Crippen LogP contribution in [0.25, 0.3) is 22.3 Å². The predicted molar refractivity (Wildman–Crippen MR) is 73.1 cm³/mol. The van der Waals surface area contributed by atoms with Crippen LogP contribution in [0.4, 0.5) is 5.82 Å². The Hall–Kier alpha value is -2.63. The van der Waals surface area contributed by atoms with Crippen molar-refractivity contribution in [3.8, 4) is 17.0 Å². The molecule has 0 amide bonds. The second kappa shape index (κ2) is 4.24. The van der Waals surface area contributed by atoms with Gasteiger partial charge in [-0.25, -0.2) is 9.97 Å². The Morgan fingerprint density at radius 1 is 1.11 bits per heavy atom. The van der Waals surface area contributed by atoms with Crippen LogP contribution in [0.5, 0.6) is 5.75 Å². The third kappa shape index (κ3) is 1.87. The topological polar surface area (TPSA) is 77.9 Å². The van der Waals surface area contributed by atoms with Crippen molar-refractivity contribution in [3.63, 3.8) is 0 Å². The molecule has 19 heavy (non-hydrogen) atoms. The summed E-state index contributed by atoms with van der Waals surface area (Å²) in [7, 11) is 3.85. The Bertz CT molecular complexity index is 717. The first-order valence-corrected chi connectivity index (χ1v) is 5.82. The number of aromatic amines is 1. The van der Waals surface area contributed by atoms with E-state index in [9.17, 15) is 5.11 Å². The van der Waals surface area contributed by atoms with Gasteiger partial charge in [0.15, 0.2) is 5.65 Å². The number of hydrogen-bond acceptors (Lipinski definition) is 5. The van der Waals surface area contributed by atoms with Gasteiger partial charge in [0.2, 0.25) is 0 Å². The summed E-state index contributed by atoms with van der Waals surface area (Å²) >= 11 is 0. The van der Waals surface area contributed by atoms with E-state index in [4.69, 9.17) is 0 Å². The first-order chi connectivity index (χ1) is 9.16. The maximum Gasteiger partial charge on any atom is 0.186 e. The summed E-state index contributed by atoms with van der Waals surface area (Å²) in [5.41, 5.74) is 2.40. The number of nitrogens with zero attached hydrogens (tertiary/aromatic N) is 4. The number of hydrogen-bond donors (Lipinski definition) is 2. The van der Waals surface area contributed by atoms with E-state index in [1.54, 1.807) is 12.1 Å². The number of fused-ring (bicyclic) bond motifs is 1. The van der Waals surface area contributed by atoms with E-state index >= 15 is 0 Å². The number of aromatic nitrogens is 4. The Morgan fingerprint density at radius 2 is 1.84 bits per heavy atom. The summed E-state index contributed by atoms with van der Waals surface area (Å²) in [6.45, 7) is 0. The molecule has 0 aliphatic rings. The molecule has 0 aliphatic heterocycles. The van der Waals surface area contributed by atoms with Crippen molar-refractivity contribution >= 4 is 16.9 Å². The number of rotatable bonds is 2. The van der Waals surface area contributed by atoms with E-state index in [1.165, 1.54) is 6.33 Å². The molecule has 0 bridgehead atoms. The second-order valence-electron chi connectivity index (χ2n) is 4.44. The van der Waals surface area contributed by atoms with Crippen molar-refractivity contribution in [1.29, 1.82) is 0 Å². The van der Waals surface area contributed by atoms with Crippen molar-refractivity contribution in [1.82, 2.24) is 20.2 Å². The minimum absolute atomic E-state index is 0.233. The Kier molecular flexibility index (Phi) is 2.56. The Labute approximate surface area is 109 Å². The van der Waals surface area contributed by atoms with Gasteiger partial charge in [-0.2, -0.15) is 5.10 Å². The highest BCUT2D eigenvalue weighted by Gasteiger charge is 2.15. The van der Waals surface area contributed by atoms with Crippen LogP contribution in [-0.2, 0) is 0 Å². The van der Waals surface area contributed by atoms with Crippen LogP contribution in [0.2, 0.25) is 0 Å². The van der Waals surface area contributed by atoms with Crippen LogP contribution >= 0.6 is 0 Å². The van der Waals surface area contributed by atoms with Gasteiger partial charge < -0.3 is 10.0 Å². The van der Waals surface area contributed by atoms with E-state index in [1.807, 2.05) is 31.1 Å². The zero-order valence-corrected chi connectivity index (χ0v) is 10.6. The zero-order valence-electron chi connectivity index (χ0n) is 10.6. The van der Waals surface area contributed by atoms with E-state index in [0.29, 0.717) is 5.65 Å². The molecule has 2 aromatic heterocycles. The first-order valence-electron chi connectivity index (χ1n) is 5.82. The highest BCUT2D eigenvalue weighted by atomic mass is 16.3. The van der Waals surface area contributed by atoms with Crippen molar-refractivity contribution in [2.75, 3.05) is 19.0 Å². The molecule has 0 radical (unpaired) electrons. The summed E-state index contributed by atoms with van der Waals surface area (Å²) in [5, 5.41) is 17.4. The quantitative estimate of drug-likeness (QED) is 0.730. The Morgan fingerprint density at radius 3 is 2.53 bits per heavy atom. The summed E-state index contributed by atoms with van der Waals surface area (Å²) in [6.07, 6.45) is 1.50. The fourth-order valence-electron chi connectivity index (χ4n) is 2.02. The van der Waals surface area contributed by atoms with E-state index in [-0.39, 0.29) is 5.75 Å². The minimum Gasteiger partial charge on any atom is -0.508 e. The van der Waals surface area contributed by atoms with E-state index in [0.717, 1.165) is 22.5 Å². The average Bonchev–Trinajstić information content (AvgIpc) is 2.83. The van der Waals surface area contributed by atoms with Crippen molar-refractivity contribution in [2.45, 2.75) is 0 Å². The molecule has 0 saturated carbocycles. The van der Waals surface area contributed by atoms with E-state index in [2.05, 4.69) is 20.2 Å². The van der Waals surface area contributed by atoms with E-state index < -0.39 is 0 Å². The van der Waals surface area contributed by atoms with Crippen LogP contribution in [-0.4, -0.2) is 39.4 Å². The molecule has 6 heteroatoms. The number of benzene rings is 1. The molecule has 3 rings (SSSR count). The molecular weight excluding hydrogens is 242 g/mol. The van der Waals surface area contributed by atoms with Crippen LogP contribution in [0.3, 0.4) is 0 Å². The summed E-state index contributed by atoms with van der Waals surface area (Å²) < 4.78 is 0. The Balaban J connectivity index is 2.27. The predicted octanol–water partition coefficient (Wildman–Crippen LogP) is 1.79. The first kappa shape index (κ1) is 11.5. The molecule has 0 unspecified atom stereocenters. The number of nitrogens with one attached hydrogen (secondary N) is 1. The molecule has 0 spiro atoms. The summed E-state index contributed by atoms with van der Waals surface area (Å²) in [4.78, 5) is 10.4. The molecule has 96 valence electrons. The van der Waals surface area contributed by atoms with Gasteiger partial charge in [-0.3, -0.25) is 5.10 Å². The number of anilines is 1. The normalized spacial score (nSPS) is 10.8. The smallest absolute Gasteiger partial charge is 0.186 e. The zero-order chi connectivity index (χ0) is 13.4.